The summed E-state index contributed by atoms with van der Waals surface area (Å²) in [5, 5.41) is 14.2. The van der Waals surface area contributed by atoms with Crippen molar-refractivity contribution >= 4 is 16.8 Å². The van der Waals surface area contributed by atoms with Gasteiger partial charge in [0.15, 0.2) is 0 Å². The first kappa shape index (κ1) is 15.5. The molecule has 0 N–H and O–H groups in total. The number of carbonyl (C=O) groups is 1. The molecule has 6 heteroatoms. The third-order valence-electron chi connectivity index (χ3n) is 4.86. The van der Waals surface area contributed by atoms with E-state index in [9.17, 15) is 4.79 Å². The minimum atomic E-state index is 0.0440. The second-order valence-electron chi connectivity index (χ2n) is 6.37. The molecule has 1 atom stereocenters. The first-order chi connectivity index (χ1) is 12.3. The molecule has 126 valence electrons. The molecule has 4 rings (SSSR count). The van der Waals surface area contributed by atoms with Gasteiger partial charge in [-0.3, -0.25) is 9.48 Å². The van der Waals surface area contributed by atoms with E-state index in [2.05, 4.69) is 11.2 Å². The number of likely N-dealkylation sites (tertiary alicyclic amines) is 1. The Bertz CT molecular complexity index is 935. The summed E-state index contributed by atoms with van der Waals surface area (Å²) in [6, 6.07) is 12.0. The third-order valence-corrected chi connectivity index (χ3v) is 4.86. The zero-order chi connectivity index (χ0) is 17.2. The summed E-state index contributed by atoms with van der Waals surface area (Å²) in [5.74, 6) is 0.0440. The first-order valence-electron chi connectivity index (χ1n) is 8.51. The van der Waals surface area contributed by atoms with Crippen molar-refractivity contribution in [3.8, 4) is 6.07 Å². The maximum Gasteiger partial charge on any atom is 0.256 e. The lowest BCUT2D eigenvalue weighted by Gasteiger charge is -2.24. The van der Waals surface area contributed by atoms with Crippen LogP contribution in [0.5, 0.6) is 0 Å². The van der Waals surface area contributed by atoms with Crippen LogP contribution in [0, 0.1) is 11.3 Å². The SMILES string of the molecule is N#CCn1cc(C(=O)N2CCCC2Cn2cccn2)c2ccccc21. The zero-order valence-corrected chi connectivity index (χ0v) is 13.9. The molecule has 1 aliphatic heterocycles. The van der Waals surface area contributed by atoms with E-state index < -0.39 is 0 Å². The van der Waals surface area contributed by atoms with Crippen LogP contribution in [-0.2, 0) is 13.1 Å². The number of amides is 1. The molecular formula is C19H19N5O. The number of fused-ring (bicyclic) bond motifs is 1. The van der Waals surface area contributed by atoms with Crippen molar-refractivity contribution in [1.29, 1.82) is 5.26 Å². The quantitative estimate of drug-likeness (QED) is 0.737. The Hall–Kier alpha value is -3.07. The number of carbonyl (C=O) groups excluding carboxylic acids is 1. The van der Waals surface area contributed by atoms with Gasteiger partial charge in [0, 0.05) is 36.0 Å². The van der Waals surface area contributed by atoms with Crippen LogP contribution in [0.25, 0.3) is 10.9 Å². The standard InChI is InChI=1S/C19H19N5O/c20-8-12-22-14-17(16-6-1-2-7-18(16)22)19(25)24-11-3-5-15(24)13-23-10-4-9-21-23/h1-2,4,6-7,9-10,14-15H,3,5,11-13H2. The molecule has 25 heavy (non-hydrogen) atoms. The molecule has 6 nitrogen and oxygen atoms in total. The topological polar surface area (TPSA) is 66.8 Å². The maximum atomic E-state index is 13.2. The number of hydrogen-bond acceptors (Lipinski definition) is 3. The van der Waals surface area contributed by atoms with Crippen LogP contribution in [0.4, 0.5) is 0 Å². The highest BCUT2D eigenvalue weighted by Crippen LogP contribution is 2.27. The van der Waals surface area contributed by atoms with Gasteiger partial charge in [0.05, 0.1) is 24.2 Å². The fourth-order valence-electron chi connectivity index (χ4n) is 3.70. The smallest absolute Gasteiger partial charge is 0.256 e. The molecule has 0 spiro atoms. The van der Waals surface area contributed by atoms with E-state index in [1.807, 2.05) is 56.9 Å². The van der Waals surface area contributed by atoms with Gasteiger partial charge in [0.1, 0.15) is 6.54 Å². The summed E-state index contributed by atoms with van der Waals surface area (Å²) >= 11 is 0. The van der Waals surface area contributed by atoms with Gasteiger partial charge in [-0.2, -0.15) is 10.4 Å². The molecule has 0 saturated carbocycles. The number of nitriles is 1. The summed E-state index contributed by atoms with van der Waals surface area (Å²) in [6.07, 6.45) is 7.51. The monoisotopic (exact) mass is 333 g/mol. The highest BCUT2D eigenvalue weighted by atomic mass is 16.2. The van der Waals surface area contributed by atoms with Crippen molar-refractivity contribution in [3.63, 3.8) is 0 Å². The number of hydrogen-bond donors (Lipinski definition) is 0. The van der Waals surface area contributed by atoms with Crippen LogP contribution >= 0.6 is 0 Å². The summed E-state index contributed by atoms with van der Waals surface area (Å²) in [4.78, 5) is 15.2. The van der Waals surface area contributed by atoms with E-state index in [0.29, 0.717) is 5.56 Å². The fourth-order valence-corrected chi connectivity index (χ4v) is 3.70. The highest BCUT2D eigenvalue weighted by molar-refractivity contribution is 6.07. The molecule has 1 aromatic carbocycles. The van der Waals surface area contributed by atoms with Crippen molar-refractivity contribution in [2.24, 2.45) is 0 Å². The largest absolute Gasteiger partial charge is 0.334 e. The first-order valence-corrected chi connectivity index (χ1v) is 8.51. The van der Waals surface area contributed by atoms with E-state index in [0.717, 1.165) is 36.8 Å². The highest BCUT2D eigenvalue weighted by Gasteiger charge is 2.31. The van der Waals surface area contributed by atoms with Crippen LogP contribution in [0.2, 0.25) is 0 Å². The lowest BCUT2D eigenvalue weighted by molar-refractivity contribution is 0.0723. The molecule has 1 unspecified atom stereocenters. The van der Waals surface area contributed by atoms with Crippen molar-refractivity contribution < 1.29 is 4.79 Å². The number of rotatable bonds is 4. The summed E-state index contributed by atoms with van der Waals surface area (Å²) < 4.78 is 3.73. The number of benzene rings is 1. The van der Waals surface area contributed by atoms with Crippen LogP contribution < -0.4 is 0 Å². The van der Waals surface area contributed by atoms with Gasteiger partial charge < -0.3 is 9.47 Å². The Kier molecular flexibility index (Phi) is 3.98. The average Bonchev–Trinajstić information content (AvgIpc) is 3.36. The van der Waals surface area contributed by atoms with Gasteiger partial charge in [-0.1, -0.05) is 18.2 Å². The van der Waals surface area contributed by atoms with Gasteiger partial charge in [0.2, 0.25) is 0 Å². The number of nitrogens with zero attached hydrogens (tertiary/aromatic N) is 5. The van der Waals surface area contributed by atoms with Crippen molar-refractivity contribution in [2.75, 3.05) is 6.54 Å². The average molecular weight is 333 g/mol. The fraction of sp³-hybridized carbons (Fsp3) is 0.316. The molecule has 0 radical (unpaired) electrons. The van der Waals surface area contributed by atoms with Crippen molar-refractivity contribution in [2.45, 2.75) is 32.0 Å². The minimum absolute atomic E-state index is 0.0440. The number of aromatic nitrogens is 3. The molecule has 3 aromatic rings. The predicted molar refractivity (Wildman–Crippen MR) is 93.8 cm³/mol. The molecule has 1 amide bonds. The minimum Gasteiger partial charge on any atom is -0.334 e. The molecule has 0 aliphatic carbocycles. The third kappa shape index (κ3) is 2.78. The van der Waals surface area contributed by atoms with E-state index in [4.69, 9.17) is 5.26 Å². The molecule has 2 aromatic heterocycles. The number of para-hydroxylation sites is 1. The van der Waals surface area contributed by atoms with Crippen molar-refractivity contribution in [1.82, 2.24) is 19.2 Å². The molecule has 3 heterocycles. The lowest BCUT2D eigenvalue weighted by atomic mass is 10.1. The van der Waals surface area contributed by atoms with Gasteiger partial charge in [-0.05, 0) is 25.0 Å². The van der Waals surface area contributed by atoms with E-state index >= 15 is 0 Å². The predicted octanol–water partition coefficient (Wildman–Crippen LogP) is 2.67. The van der Waals surface area contributed by atoms with Gasteiger partial charge in [-0.25, -0.2) is 0 Å². The van der Waals surface area contributed by atoms with Crippen LogP contribution in [0.3, 0.4) is 0 Å². The van der Waals surface area contributed by atoms with E-state index in [1.54, 1.807) is 6.20 Å². The van der Waals surface area contributed by atoms with Crippen molar-refractivity contribution in [3.05, 3.63) is 54.5 Å². The summed E-state index contributed by atoms with van der Waals surface area (Å²) in [7, 11) is 0. The molecule has 0 bridgehead atoms. The normalized spacial score (nSPS) is 17.1. The van der Waals surface area contributed by atoms with E-state index in [1.165, 1.54) is 0 Å². The second-order valence-corrected chi connectivity index (χ2v) is 6.37. The van der Waals surface area contributed by atoms with Crippen LogP contribution in [0.15, 0.2) is 48.9 Å². The molecular weight excluding hydrogens is 314 g/mol. The van der Waals surface area contributed by atoms with E-state index in [-0.39, 0.29) is 18.5 Å². The van der Waals surface area contributed by atoms with Gasteiger partial charge in [-0.15, -0.1) is 0 Å². The summed E-state index contributed by atoms with van der Waals surface area (Å²) in [5.41, 5.74) is 1.61. The Morgan fingerprint density at radius 1 is 1.32 bits per heavy atom. The lowest BCUT2D eigenvalue weighted by Crippen LogP contribution is -2.38. The molecule has 1 saturated heterocycles. The Morgan fingerprint density at radius 3 is 3.00 bits per heavy atom. The maximum absolute atomic E-state index is 13.2. The molecule has 1 fully saturated rings. The van der Waals surface area contributed by atoms with Gasteiger partial charge in [0.25, 0.3) is 5.91 Å². The zero-order valence-electron chi connectivity index (χ0n) is 13.9. The van der Waals surface area contributed by atoms with Gasteiger partial charge >= 0.3 is 0 Å². The second kappa shape index (κ2) is 6.44. The Balaban J connectivity index is 1.66. The molecule has 1 aliphatic rings. The van der Waals surface area contributed by atoms with Crippen LogP contribution in [-0.4, -0.2) is 37.7 Å². The Morgan fingerprint density at radius 2 is 2.20 bits per heavy atom. The summed E-state index contributed by atoms with van der Waals surface area (Å²) in [6.45, 7) is 1.72. The Labute approximate surface area is 145 Å². The van der Waals surface area contributed by atoms with Crippen LogP contribution in [0.1, 0.15) is 23.2 Å².